The van der Waals surface area contributed by atoms with Crippen molar-refractivity contribution in [3.05, 3.63) is 29.8 Å². The minimum atomic E-state index is -0.0780. The molecule has 2 unspecified atom stereocenters. The molecule has 0 aliphatic heterocycles. The molecule has 1 aromatic carbocycles. The molecule has 0 spiro atoms. The topological polar surface area (TPSA) is 41.5 Å². The molecule has 1 aliphatic rings. The van der Waals surface area contributed by atoms with E-state index in [2.05, 4.69) is 31.3 Å². The summed E-state index contributed by atoms with van der Waals surface area (Å²) in [6.07, 6.45) is 4.46. The molecule has 1 fully saturated rings. The molecule has 0 amide bonds. The fourth-order valence-corrected chi connectivity index (χ4v) is 3.37. The van der Waals surface area contributed by atoms with Gasteiger partial charge in [0.1, 0.15) is 5.75 Å². The fraction of sp³-hybridized carbons (Fsp3) is 0.647. The highest BCUT2D eigenvalue weighted by molar-refractivity contribution is 5.26. The normalized spacial score (nSPS) is 25.9. The SMILES string of the molecule is CCNC1(CO)CCCC1CCOc1ccc(C)cc1. The Morgan fingerprint density at radius 1 is 1.35 bits per heavy atom. The van der Waals surface area contributed by atoms with Gasteiger partial charge in [0.15, 0.2) is 0 Å². The lowest BCUT2D eigenvalue weighted by atomic mass is 9.85. The molecule has 1 aliphatic carbocycles. The molecule has 3 heteroatoms. The number of rotatable bonds is 7. The Morgan fingerprint density at radius 3 is 2.75 bits per heavy atom. The Balaban J connectivity index is 1.85. The third-order valence-corrected chi connectivity index (χ3v) is 4.52. The number of hydrogen-bond acceptors (Lipinski definition) is 3. The first-order valence-electron chi connectivity index (χ1n) is 7.75. The Hall–Kier alpha value is -1.06. The van der Waals surface area contributed by atoms with Crippen molar-refractivity contribution in [2.24, 2.45) is 5.92 Å². The zero-order valence-electron chi connectivity index (χ0n) is 12.7. The summed E-state index contributed by atoms with van der Waals surface area (Å²) in [4.78, 5) is 0. The monoisotopic (exact) mass is 277 g/mol. The Labute approximate surface area is 122 Å². The molecule has 0 bridgehead atoms. The molecular formula is C17H27NO2. The van der Waals surface area contributed by atoms with Crippen molar-refractivity contribution in [2.45, 2.75) is 45.1 Å². The van der Waals surface area contributed by atoms with Crippen LogP contribution in [0.25, 0.3) is 0 Å². The van der Waals surface area contributed by atoms with Crippen LogP contribution in [0.1, 0.15) is 38.2 Å². The van der Waals surface area contributed by atoms with Crippen LogP contribution in [0.3, 0.4) is 0 Å². The number of aryl methyl sites for hydroxylation is 1. The minimum absolute atomic E-state index is 0.0780. The third-order valence-electron chi connectivity index (χ3n) is 4.52. The lowest BCUT2D eigenvalue weighted by Gasteiger charge is -2.34. The van der Waals surface area contributed by atoms with E-state index in [0.29, 0.717) is 5.92 Å². The zero-order chi connectivity index (χ0) is 14.4. The summed E-state index contributed by atoms with van der Waals surface area (Å²) in [6.45, 7) is 6.05. The van der Waals surface area contributed by atoms with Crippen LogP contribution in [0, 0.1) is 12.8 Å². The Morgan fingerprint density at radius 2 is 2.10 bits per heavy atom. The van der Waals surface area contributed by atoms with Crippen LogP contribution < -0.4 is 10.1 Å². The number of aliphatic hydroxyl groups is 1. The van der Waals surface area contributed by atoms with Gasteiger partial charge in [0, 0.05) is 5.54 Å². The van der Waals surface area contributed by atoms with Crippen molar-refractivity contribution >= 4 is 0 Å². The molecule has 2 N–H and O–H groups in total. The quantitative estimate of drug-likeness (QED) is 0.805. The summed E-state index contributed by atoms with van der Waals surface area (Å²) < 4.78 is 5.83. The summed E-state index contributed by atoms with van der Waals surface area (Å²) in [7, 11) is 0. The number of likely N-dealkylation sites (N-methyl/N-ethyl adjacent to an activating group) is 1. The van der Waals surface area contributed by atoms with E-state index < -0.39 is 0 Å². The van der Waals surface area contributed by atoms with Gasteiger partial charge in [-0.1, -0.05) is 31.0 Å². The standard InChI is InChI=1S/C17H27NO2/c1-3-18-17(13-19)11-4-5-15(17)10-12-20-16-8-6-14(2)7-9-16/h6-9,15,18-19H,3-5,10-13H2,1-2H3. The van der Waals surface area contributed by atoms with Gasteiger partial charge in [0.2, 0.25) is 0 Å². The average molecular weight is 277 g/mol. The van der Waals surface area contributed by atoms with E-state index in [1.165, 1.54) is 18.4 Å². The van der Waals surface area contributed by atoms with Crippen LogP contribution in [0.4, 0.5) is 0 Å². The van der Waals surface area contributed by atoms with Gasteiger partial charge in [-0.15, -0.1) is 0 Å². The van der Waals surface area contributed by atoms with Crippen molar-refractivity contribution in [1.82, 2.24) is 5.32 Å². The summed E-state index contributed by atoms with van der Waals surface area (Å²) >= 11 is 0. The van der Waals surface area contributed by atoms with E-state index in [0.717, 1.165) is 31.7 Å². The maximum Gasteiger partial charge on any atom is 0.119 e. The first-order chi connectivity index (χ1) is 9.70. The highest BCUT2D eigenvalue weighted by Gasteiger charge is 2.41. The molecule has 0 aromatic heterocycles. The van der Waals surface area contributed by atoms with Crippen molar-refractivity contribution < 1.29 is 9.84 Å². The van der Waals surface area contributed by atoms with Gasteiger partial charge in [-0.2, -0.15) is 0 Å². The largest absolute Gasteiger partial charge is 0.494 e. The molecule has 0 radical (unpaired) electrons. The van der Waals surface area contributed by atoms with Gasteiger partial charge in [-0.3, -0.25) is 0 Å². The smallest absolute Gasteiger partial charge is 0.119 e. The molecule has 112 valence electrons. The first-order valence-corrected chi connectivity index (χ1v) is 7.75. The van der Waals surface area contributed by atoms with Crippen LogP contribution in [0.2, 0.25) is 0 Å². The van der Waals surface area contributed by atoms with E-state index >= 15 is 0 Å². The van der Waals surface area contributed by atoms with Crippen LogP contribution in [0.5, 0.6) is 5.75 Å². The second-order valence-electron chi connectivity index (χ2n) is 5.88. The minimum Gasteiger partial charge on any atom is -0.494 e. The molecule has 0 saturated heterocycles. The molecule has 2 atom stereocenters. The maximum absolute atomic E-state index is 9.76. The van der Waals surface area contributed by atoms with Crippen LogP contribution in [0.15, 0.2) is 24.3 Å². The predicted molar refractivity (Wildman–Crippen MR) is 82.1 cm³/mol. The van der Waals surface area contributed by atoms with Crippen LogP contribution in [-0.4, -0.2) is 30.4 Å². The van der Waals surface area contributed by atoms with Crippen LogP contribution in [-0.2, 0) is 0 Å². The van der Waals surface area contributed by atoms with Crippen LogP contribution >= 0.6 is 0 Å². The fourth-order valence-electron chi connectivity index (χ4n) is 3.37. The van der Waals surface area contributed by atoms with E-state index in [1.54, 1.807) is 0 Å². The average Bonchev–Trinajstić information content (AvgIpc) is 2.85. The van der Waals surface area contributed by atoms with Gasteiger partial charge in [-0.05, 0) is 50.8 Å². The van der Waals surface area contributed by atoms with Gasteiger partial charge in [0.25, 0.3) is 0 Å². The van der Waals surface area contributed by atoms with E-state index in [4.69, 9.17) is 4.74 Å². The second-order valence-corrected chi connectivity index (χ2v) is 5.88. The van der Waals surface area contributed by atoms with Crippen molar-refractivity contribution in [3.8, 4) is 5.75 Å². The van der Waals surface area contributed by atoms with Crippen molar-refractivity contribution in [2.75, 3.05) is 19.8 Å². The highest BCUT2D eigenvalue weighted by atomic mass is 16.5. The molecule has 1 aromatic rings. The summed E-state index contributed by atoms with van der Waals surface area (Å²) in [5, 5.41) is 13.3. The third kappa shape index (κ3) is 3.53. The molecule has 2 rings (SSSR count). The highest BCUT2D eigenvalue weighted by Crippen LogP contribution is 2.37. The molecule has 20 heavy (non-hydrogen) atoms. The summed E-state index contributed by atoms with van der Waals surface area (Å²) in [6, 6.07) is 8.18. The summed E-state index contributed by atoms with van der Waals surface area (Å²) in [5.41, 5.74) is 1.17. The first kappa shape index (κ1) is 15.3. The van der Waals surface area contributed by atoms with E-state index in [1.807, 2.05) is 12.1 Å². The van der Waals surface area contributed by atoms with Gasteiger partial charge in [-0.25, -0.2) is 0 Å². The molecule has 0 heterocycles. The van der Waals surface area contributed by atoms with Gasteiger partial charge >= 0.3 is 0 Å². The number of benzene rings is 1. The van der Waals surface area contributed by atoms with Gasteiger partial charge < -0.3 is 15.2 Å². The van der Waals surface area contributed by atoms with E-state index in [9.17, 15) is 5.11 Å². The molecule has 1 saturated carbocycles. The predicted octanol–water partition coefficient (Wildman–Crippen LogP) is 2.90. The Kier molecular flexibility index (Phi) is 5.44. The molecule has 3 nitrogen and oxygen atoms in total. The number of ether oxygens (including phenoxy) is 1. The molecular weight excluding hydrogens is 250 g/mol. The lowest BCUT2D eigenvalue weighted by Crippen LogP contribution is -2.51. The van der Waals surface area contributed by atoms with Gasteiger partial charge in [0.05, 0.1) is 13.2 Å². The number of nitrogens with one attached hydrogen (secondary N) is 1. The lowest BCUT2D eigenvalue weighted by molar-refractivity contribution is 0.111. The maximum atomic E-state index is 9.76. The zero-order valence-corrected chi connectivity index (χ0v) is 12.7. The number of aliphatic hydroxyl groups excluding tert-OH is 1. The van der Waals surface area contributed by atoms with Crippen molar-refractivity contribution in [3.63, 3.8) is 0 Å². The summed E-state index contributed by atoms with van der Waals surface area (Å²) in [5.74, 6) is 1.45. The Bertz CT molecular complexity index is 404. The number of hydrogen-bond donors (Lipinski definition) is 2. The van der Waals surface area contributed by atoms with Crippen molar-refractivity contribution in [1.29, 1.82) is 0 Å². The second kappa shape index (κ2) is 7.09. The van der Waals surface area contributed by atoms with E-state index in [-0.39, 0.29) is 12.1 Å².